The summed E-state index contributed by atoms with van der Waals surface area (Å²) in [5.74, 6) is 0.840. The number of ketones is 2. The van der Waals surface area contributed by atoms with Crippen molar-refractivity contribution >= 4 is 46.5 Å². The van der Waals surface area contributed by atoms with Crippen LogP contribution < -0.4 is 0 Å². The highest BCUT2D eigenvalue weighted by Crippen LogP contribution is 2.33. The first-order valence-corrected chi connectivity index (χ1v) is 11.0. The SMILES string of the molecule is CC(=O)c1ccc(SCCCCSc2ccc(C(C)=O)cc2[N+](=O)[O-])c([N+](=O)[O-])c1. The zero-order valence-corrected chi connectivity index (χ0v) is 18.1. The molecule has 2 aromatic carbocycles. The molecule has 8 nitrogen and oxygen atoms in total. The normalized spacial score (nSPS) is 10.6. The molecule has 0 unspecified atom stereocenters. The van der Waals surface area contributed by atoms with Crippen LogP contribution in [0.4, 0.5) is 11.4 Å². The Labute approximate surface area is 181 Å². The quantitative estimate of drug-likeness (QED) is 0.144. The molecule has 0 aromatic heterocycles. The predicted molar refractivity (Wildman–Crippen MR) is 117 cm³/mol. The molecule has 0 aliphatic heterocycles. The fourth-order valence-corrected chi connectivity index (χ4v) is 4.60. The molecule has 10 heteroatoms. The number of nitro benzene ring substituents is 2. The highest BCUT2D eigenvalue weighted by molar-refractivity contribution is 7.99. The van der Waals surface area contributed by atoms with E-state index in [1.165, 1.54) is 49.5 Å². The molecule has 0 bridgehead atoms. The largest absolute Gasteiger partial charge is 0.295 e. The van der Waals surface area contributed by atoms with Crippen molar-refractivity contribution in [1.82, 2.24) is 0 Å². The van der Waals surface area contributed by atoms with Gasteiger partial charge in [0, 0.05) is 23.3 Å². The number of carbonyl (C=O) groups is 2. The molecular formula is C20H20N2O6S2. The van der Waals surface area contributed by atoms with Gasteiger partial charge in [0.2, 0.25) is 0 Å². The molecule has 0 spiro atoms. The van der Waals surface area contributed by atoms with Crippen molar-refractivity contribution in [3.8, 4) is 0 Å². The first-order chi connectivity index (χ1) is 14.2. The number of nitro groups is 2. The van der Waals surface area contributed by atoms with Gasteiger partial charge in [-0.25, -0.2) is 0 Å². The van der Waals surface area contributed by atoms with Crippen LogP contribution >= 0.6 is 23.5 Å². The third-order valence-electron chi connectivity index (χ3n) is 4.18. The number of hydrogen-bond acceptors (Lipinski definition) is 8. The van der Waals surface area contributed by atoms with Crippen LogP contribution in [0.25, 0.3) is 0 Å². The molecule has 0 aliphatic rings. The second-order valence-electron chi connectivity index (χ2n) is 6.40. The Morgan fingerprint density at radius 1 is 0.767 bits per heavy atom. The Hall–Kier alpha value is -2.72. The summed E-state index contributed by atoms with van der Waals surface area (Å²) < 4.78 is 0. The molecule has 0 radical (unpaired) electrons. The highest BCUT2D eigenvalue weighted by Gasteiger charge is 2.18. The summed E-state index contributed by atoms with van der Waals surface area (Å²) in [6.45, 7) is 2.73. The maximum Gasteiger partial charge on any atom is 0.283 e. The van der Waals surface area contributed by atoms with Gasteiger partial charge in [0.05, 0.1) is 19.6 Å². The zero-order chi connectivity index (χ0) is 22.3. The number of benzene rings is 2. The van der Waals surface area contributed by atoms with Gasteiger partial charge < -0.3 is 0 Å². The van der Waals surface area contributed by atoms with E-state index in [-0.39, 0.29) is 22.9 Å². The molecule has 2 rings (SSSR count). The van der Waals surface area contributed by atoms with Crippen LogP contribution in [0, 0.1) is 20.2 Å². The first kappa shape index (κ1) is 23.6. The molecule has 2 aromatic rings. The Kier molecular flexibility index (Phi) is 8.55. The van der Waals surface area contributed by atoms with Gasteiger partial charge in [-0.1, -0.05) is 0 Å². The molecular weight excluding hydrogens is 428 g/mol. The third kappa shape index (κ3) is 6.39. The lowest BCUT2D eigenvalue weighted by Crippen LogP contribution is -1.98. The summed E-state index contributed by atoms with van der Waals surface area (Å²) in [5, 5.41) is 22.5. The second-order valence-corrected chi connectivity index (χ2v) is 8.67. The summed E-state index contributed by atoms with van der Waals surface area (Å²) in [5.41, 5.74) is 0.450. The molecule has 0 aliphatic carbocycles. The Bertz CT molecular complexity index is 914. The van der Waals surface area contributed by atoms with E-state index in [0.29, 0.717) is 32.4 Å². The van der Waals surface area contributed by atoms with E-state index in [2.05, 4.69) is 0 Å². The minimum absolute atomic E-state index is 0.0803. The fraction of sp³-hybridized carbons (Fsp3) is 0.300. The van der Waals surface area contributed by atoms with Crippen LogP contribution in [-0.4, -0.2) is 32.9 Å². The predicted octanol–water partition coefficient (Wildman–Crippen LogP) is 5.57. The van der Waals surface area contributed by atoms with Crippen LogP contribution in [0.5, 0.6) is 0 Å². The molecule has 0 N–H and O–H groups in total. The number of carbonyl (C=O) groups excluding carboxylic acids is 2. The molecule has 0 atom stereocenters. The summed E-state index contributed by atoms with van der Waals surface area (Å²) >= 11 is 2.69. The van der Waals surface area contributed by atoms with Gasteiger partial charge in [-0.3, -0.25) is 29.8 Å². The standard InChI is InChI=1S/C20H20N2O6S2/c1-13(23)15-5-7-19(17(11-15)21(25)26)29-9-3-4-10-30-20-8-6-16(14(2)24)12-18(20)22(27)28/h5-8,11-12H,3-4,9-10H2,1-2H3. The fourth-order valence-electron chi connectivity index (χ4n) is 2.57. The lowest BCUT2D eigenvalue weighted by molar-refractivity contribution is -0.387. The molecule has 0 saturated carbocycles. The zero-order valence-electron chi connectivity index (χ0n) is 16.5. The van der Waals surface area contributed by atoms with E-state index in [0.717, 1.165) is 12.8 Å². The van der Waals surface area contributed by atoms with Crippen LogP contribution in [0.15, 0.2) is 46.2 Å². The summed E-state index contributed by atoms with van der Waals surface area (Å²) in [6.07, 6.45) is 1.53. The van der Waals surface area contributed by atoms with E-state index < -0.39 is 9.85 Å². The van der Waals surface area contributed by atoms with E-state index >= 15 is 0 Å². The first-order valence-electron chi connectivity index (χ1n) is 9.05. The lowest BCUT2D eigenvalue weighted by atomic mass is 10.1. The summed E-state index contributed by atoms with van der Waals surface area (Å²) in [4.78, 5) is 45.3. The van der Waals surface area contributed by atoms with Gasteiger partial charge in [-0.15, -0.1) is 23.5 Å². The number of Topliss-reactive ketones (excluding diaryl/α,β-unsaturated/α-hetero) is 2. The lowest BCUT2D eigenvalue weighted by Gasteiger charge is -2.06. The van der Waals surface area contributed by atoms with Gasteiger partial charge in [-0.05, 0) is 62.5 Å². The van der Waals surface area contributed by atoms with Crippen molar-refractivity contribution in [3.63, 3.8) is 0 Å². The number of thioether (sulfide) groups is 2. The molecule has 0 saturated heterocycles. The number of nitrogens with zero attached hydrogens (tertiary/aromatic N) is 2. The maximum absolute atomic E-state index is 11.4. The van der Waals surface area contributed by atoms with E-state index in [9.17, 15) is 29.8 Å². The van der Waals surface area contributed by atoms with Crippen molar-refractivity contribution in [3.05, 3.63) is 67.8 Å². The molecule has 0 fully saturated rings. The second kappa shape index (κ2) is 10.9. The van der Waals surface area contributed by atoms with Gasteiger partial charge in [0.1, 0.15) is 0 Å². The van der Waals surface area contributed by atoms with Gasteiger partial charge in [0.15, 0.2) is 11.6 Å². The topological polar surface area (TPSA) is 120 Å². The van der Waals surface area contributed by atoms with Crippen molar-refractivity contribution in [1.29, 1.82) is 0 Å². The Morgan fingerprint density at radius 3 is 1.43 bits per heavy atom. The van der Waals surface area contributed by atoms with E-state index in [1.54, 1.807) is 24.3 Å². The van der Waals surface area contributed by atoms with Crippen LogP contribution in [0.1, 0.15) is 47.4 Å². The molecule has 158 valence electrons. The van der Waals surface area contributed by atoms with Crippen LogP contribution in [0.3, 0.4) is 0 Å². The van der Waals surface area contributed by atoms with Crippen molar-refractivity contribution < 1.29 is 19.4 Å². The number of unbranched alkanes of at least 4 members (excludes halogenated alkanes) is 1. The monoisotopic (exact) mass is 448 g/mol. The van der Waals surface area contributed by atoms with Crippen LogP contribution in [-0.2, 0) is 0 Å². The van der Waals surface area contributed by atoms with E-state index in [4.69, 9.17) is 0 Å². The molecule has 0 heterocycles. The summed E-state index contributed by atoms with van der Waals surface area (Å²) in [7, 11) is 0. The third-order valence-corrected chi connectivity index (χ3v) is 6.48. The van der Waals surface area contributed by atoms with Crippen molar-refractivity contribution in [2.75, 3.05) is 11.5 Å². The molecule has 30 heavy (non-hydrogen) atoms. The number of rotatable bonds is 11. The maximum atomic E-state index is 11.4. The number of hydrogen-bond donors (Lipinski definition) is 0. The van der Waals surface area contributed by atoms with Crippen molar-refractivity contribution in [2.24, 2.45) is 0 Å². The minimum Gasteiger partial charge on any atom is -0.295 e. The van der Waals surface area contributed by atoms with Gasteiger partial charge in [-0.2, -0.15) is 0 Å². The average Bonchev–Trinajstić information content (AvgIpc) is 2.70. The Morgan fingerprint density at radius 2 is 1.13 bits per heavy atom. The van der Waals surface area contributed by atoms with Crippen molar-refractivity contribution in [2.45, 2.75) is 36.5 Å². The molecule has 0 amide bonds. The van der Waals surface area contributed by atoms with Crippen LogP contribution in [0.2, 0.25) is 0 Å². The van der Waals surface area contributed by atoms with E-state index in [1.807, 2.05) is 0 Å². The summed E-state index contributed by atoms with van der Waals surface area (Å²) in [6, 6.07) is 8.94. The average molecular weight is 449 g/mol. The Balaban J connectivity index is 1.88. The van der Waals surface area contributed by atoms with Gasteiger partial charge >= 0.3 is 0 Å². The smallest absolute Gasteiger partial charge is 0.283 e. The highest BCUT2D eigenvalue weighted by atomic mass is 32.2. The minimum atomic E-state index is -0.492. The van der Waals surface area contributed by atoms with Gasteiger partial charge in [0.25, 0.3) is 11.4 Å².